The number of Topliss-reactive ketones (excluding diaryl/α,β-unsaturated/α-hetero) is 3. The quantitative estimate of drug-likeness (QED) is 0.318. The van der Waals surface area contributed by atoms with Crippen LogP contribution in [-0.2, 0) is 55.0 Å². The summed E-state index contributed by atoms with van der Waals surface area (Å²) in [5.41, 5.74) is 0. The van der Waals surface area contributed by atoms with Crippen LogP contribution in [0.4, 0.5) is 0 Å². The first-order chi connectivity index (χ1) is 10.8. The molecule has 0 atom stereocenters. The first-order valence-electron chi connectivity index (χ1n) is 6.61. The fourth-order valence-electron chi connectivity index (χ4n) is 0.610. The van der Waals surface area contributed by atoms with E-state index in [1.807, 2.05) is 20.3 Å². The number of rotatable bonds is 6. The molecule has 0 aliphatic carbocycles. The molecule has 0 aromatic heterocycles. The molecule has 0 bridgehead atoms. The third-order valence-electron chi connectivity index (χ3n) is 1.18. The fraction of sp³-hybridized carbons (Fsp3) is 0.533. The van der Waals surface area contributed by atoms with Crippen molar-refractivity contribution in [3.63, 3.8) is 0 Å². The summed E-state index contributed by atoms with van der Waals surface area (Å²) < 4.78 is 0. The van der Waals surface area contributed by atoms with Gasteiger partial charge in [0.25, 0.3) is 0 Å². The monoisotopic (exact) mass is 436 g/mol. The van der Waals surface area contributed by atoms with Crippen molar-refractivity contribution in [3.8, 4) is 0 Å². The molecule has 0 aliphatic rings. The van der Waals surface area contributed by atoms with Gasteiger partial charge in [-0.2, -0.15) is 13.8 Å². The van der Waals surface area contributed by atoms with Gasteiger partial charge in [0, 0.05) is 37.2 Å². The minimum atomic E-state index is -1.31. The van der Waals surface area contributed by atoms with Crippen LogP contribution in [0.1, 0.15) is 53.9 Å². The molecular weight excluding hydrogens is 415 g/mol. The second-order valence-electron chi connectivity index (χ2n) is 4.33. The van der Waals surface area contributed by atoms with Crippen molar-refractivity contribution in [2.45, 2.75) is 53.9 Å². The maximum absolute atomic E-state index is 9.83. The second-order valence-corrected chi connectivity index (χ2v) is 4.33. The van der Waals surface area contributed by atoms with Crippen LogP contribution in [0.25, 0.3) is 0 Å². The van der Waals surface area contributed by atoms with Crippen molar-refractivity contribution in [2.75, 3.05) is 0 Å². The van der Waals surface area contributed by atoms with E-state index in [0.29, 0.717) is 0 Å². The summed E-state index contributed by atoms with van der Waals surface area (Å²) in [7, 11) is 0. The van der Waals surface area contributed by atoms with Gasteiger partial charge in [-0.25, -0.2) is 0 Å². The van der Waals surface area contributed by atoms with Gasteiger partial charge in [-0.3, -0.25) is 14.4 Å². The van der Waals surface area contributed by atoms with E-state index in [2.05, 4.69) is 0 Å². The van der Waals surface area contributed by atoms with Crippen LogP contribution in [0.2, 0.25) is 0 Å². The molecule has 0 spiro atoms. The molecule has 9 nitrogen and oxygen atoms in total. The van der Waals surface area contributed by atoms with Gasteiger partial charge < -0.3 is 36.1 Å². The molecular formula is C15H22O9Zr. The molecule has 0 aromatic carbocycles. The van der Waals surface area contributed by atoms with Crippen LogP contribution < -0.4 is 15.3 Å². The van der Waals surface area contributed by atoms with Gasteiger partial charge in [-0.15, -0.1) is 0 Å². The summed E-state index contributed by atoms with van der Waals surface area (Å²) in [5, 5.41) is 28.4. The third kappa shape index (κ3) is 86.6. The van der Waals surface area contributed by atoms with Gasteiger partial charge in [0.1, 0.15) is 17.3 Å². The summed E-state index contributed by atoms with van der Waals surface area (Å²) in [6, 6.07) is 0. The Morgan fingerprint density at radius 2 is 0.720 bits per heavy atom. The molecule has 25 heavy (non-hydrogen) atoms. The fourth-order valence-corrected chi connectivity index (χ4v) is 0.610. The number of aliphatic carboxylic acids is 3. The van der Waals surface area contributed by atoms with Crippen LogP contribution in [-0.4, -0.2) is 35.3 Å². The van der Waals surface area contributed by atoms with Crippen molar-refractivity contribution < 1.29 is 70.3 Å². The number of hydrogen-bond donors (Lipinski definition) is 0. The number of carbonyl (C=O) groups is 6. The zero-order chi connectivity index (χ0) is 20.3. The van der Waals surface area contributed by atoms with Crippen molar-refractivity contribution in [1.29, 1.82) is 0 Å². The molecule has 0 heterocycles. The number of carboxylic acid groups (broad SMARTS) is 3. The molecule has 10 heteroatoms. The van der Waals surface area contributed by atoms with Gasteiger partial charge in [0.05, 0.1) is 0 Å². The van der Waals surface area contributed by atoms with Crippen LogP contribution >= 0.6 is 0 Å². The Balaban J connectivity index is -0.0000000727. The van der Waals surface area contributed by atoms with Crippen LogP contribution in [0.3, 0.4) is 0 Å². The molecule has 140 valence electrons. The van der Waals surface area contributed by atoms with Gasteiger partial charge in [0.15, 0.2) is 0 Å². The Labute approximate surface area is 165 Å². The first kappa shape index (κ1) is 34.6. The Bertz CT molecular complexity index is 333. The van der Waals surface area contributed by atoms with Crippen molar-refractivity contribution in [3.05, 3.63) is 6.42 Å². The Hall–Kier alpha value is -1.70. The summed E-state index contributed by atoms with van der Waals surface area (Å²) in [6.07, 6.45) is 0.583. The molecule has 0 aromatic rings. The third-order valence-corrected chi connectivity index (χ3v) is 1.18. The van der Waals surface area contributed by atoms with Crippen LogP contribution in [0.5, 0.6) is 0 Å². The molecule has 0 saturated carbocycles. The minimum absolute atomic E-state index is 0. The maximum Gasteiger partial charge on any atom is 4.00 e. The number of carbonyl (C=O) groups excluding carboxylic acids is 6. The molecule has 0 radical (unpaired) electrons. The first-order valence-corrected chi connectivity index (χ1v) is 6.61. The summed E-state index contributed by atoms with van der Waals surface area (Å²) in [5.74, 6) is -5.06. The maximum atomic E-state index is 9.83. The average Bonchev–Trinajstić information content (AvgIpc) is 2.24. The second kappa shape index (κ2) is 24.6. The molecule has 0 amide bonds. The number of hydrogen-bond acceptors (Lipinski definition) is 9. The topological polar surface area (TPSA) is 172 Å². The largest absolute Gasteiger partial charge is 4.00 e. The Kier molecular flexibility index (Phi) is 34.0. The normalized spacial score (nSPS) is 7.56. The van der Waals surface area contributed by atoms with Gasteiger partial charge >= 0.3 is 26.2 Å². The number of carboxylic acids is 3. The molecule has 0 N–H and O–H groups in total. The molecule has 0 saturated heterocycles. The Morgan fingerprint density at radius 3 is 0.720 bits per heavy atom. The molecule has 0 unspecified atom stereocenters. The van der Waals surface area contributed by atoms with Gasteiger partial charge in [-0.05, 0) is 20.8 Å². The van der Waals surface area contributed by atoms with E-state index in [1.54, 1.807) is 0 Å². The zero-order valence-electron chi connectivity index (χ0n) is 14.9. The van der Waals surface area contributed by atoms with Gasteiger partial charge in [-0.1, -0.05) is 0 Å². The smallest absolute Gasteiger partial charge is 0.550 e. The SMILES string of the molecule is CC(=O)CC(=O)[O-].CC(=O)CC(=O)[O-].CC(=O)CC(=O)[O-].C[CH-]C.[Zr+4]. The van der Waals surface area contributed by atoms with Gasteiger partial charge in [0.2, 0.25) is 0 Å². The van der Waals surface area contributed by atoms with E-state index >= 15 is 0 Å². The van der Waals surface area contributed by atoms with E-state index in [-0.39, 0.29) is 43.6 Å². The molecule has 0 fully saturated rings. The van der Waals surface area contributed by atoms with Crippen molar-refractivity contribution in [2.24, 2.45) is 0 Å². The minimum Gasteiger partial charge on any atom is -0.550 e. The van der Waals surface area contributed by atoms with E-state index in [1.165, 1.54) is 20.8 Å². The summed E-state index contributed by atoms with van der Waals surface area (Å²) in [6.45, 7) is 7.61. The van der Waals surface area contributed by atoms with Crippen LogP contribution in [0, 0.1) is 6.42 Å². The zero-order valence-corrected chi connectivity index (χ0v) is 17.3. The van der Waals surface area contributed by atoms with Crippen LogP contribution in [0.15, 0.2) is 0 Å². The van der Waals surface area contributed by atoms with Crippen molar-refractivity contribution >= 4 is 35.3 Å². The average molecular weight is 438 g/mol. The van der Waals surface area contributed by atoms with E-state index in [4.69, 9.17) is 0 Å². The van der Waals surface area contributed by atoms with Crippen molar-refractivity contribution in [1.82, 2.24) is 0 Å². The molecule has 0 aliphatic heterocycles. The summed E-state index contributed by atoms with van der Waals surface area (Å²) >= 11 is 0. The van der Waals surface area contributed by atoms with E-state index < -0.39 is 37.2 Å². The standard InChI is InChI=1S/3C4H6O3.C3H7.Zr/c3*1-3(5)2-4(6)7;1-3-2;/h3*2H2,1H3,(H,6,7);3H,1-2H3;/q;;;-1;+4/p-3. The predicted molar refractivity (Wildman–Crippen MR) is 76.6 cm³/mol. The van der Waals surface area contributed by atoms with E-state index in [0.717, 1.165) is 0 Å². The predicted octanol–water partition coefficient (Wildman–Crippen LogP) is -2.63. The summed E-state index contributed by atoms with van der Waals surface area (Å²) in [4.78, 5) is 57.9. The Morgan fingerprint density at radius 1 is 0.600 bits per heavy atom. The number of ketones is 3. The van der Waals surface area contributed by atoms with E-state index in [9.17, 15) is 44.1 Å². The molecule has 0 rings (SSSR count).